The van der Waals surface area contributed by atoms with Gasteiger partial charge in [-0.25, -0.2) is 4.98 Å². The number of carbonyl (C=O) groups excluding carboxylic acids is 2. The highest BCUT2D eigenvalue weighted by atomic mass is 19.4. The Hall–Kier alpha value is -3.30. The van der Waals surface area contributed by atoms with Gasteiger partial charge in [-0.2, -0.15) is 13.2 Å². The molecule has 4 rings (SSSR count). The summed E-state index contributed by atoms with van der Waals surface area (Å²) in [5.74, 6) is 0.429. The van der Waals surface area contributed by atoms with Crippen LogP contribution in [0.5, 0.6) is 5.75 Å². The molecule has 1 aromatic heterocycles. The van der Waals surface area contributed by atoms with E-state index < -0.39 is 17.7 Å². The lowest BCUT2D eigenvalue weighted by atomic mass is 10.1. The summed E-state index contributed by atoms with van der Waals surface area (Å²) in [6.45, 7) is 4.62. The molecule has 10 heteroatoms. The number of halogens is 3. The fraction of sp³-hybridized carbons (Fsp3) is 0.458. The van der Waals surface area contributed by atoms with Crippen LogP contribution in [-0.4, -0.2) is 61.0 Å². The number of alkyl halides is 3. The van der Waals surface area contributed by atoms with Crippen LogP contribution in [0.3, 0.4) is 0 Å². The summed E-state index contributed by atoms with van der Waals surface area (Å²) in [6.07, 6.45) is -2.79. The number of pyridine rings is 1. The topological polar surface area (TPSA) is 66.0 Å². The van der Waals surface area contributed by atoms with E-state index in [4.69, 9.17) is 4.74 Å². The van der Waals surface area contributed by atoms with Crippen LogP contribution in [0.4, 0.5) is 24.7 Å². The van der Waals surface area contributed by atoms with Gasteiger partial charge in [-0.1, -0.05) is 12.1 Å². The van der Waals surface area contributed by atoms with Crippen LogP contribution in [0.15, 0.2) is 42.6 Å². The maximum absolute atomic E-state index is 13.2. The number of aromatic nitrogens is 1. The maximum Gasteiger partial charge on any atom is 0.417 e. The summed E-state index contributed by atoms with van der Waals surface area (Å²) in [5, 5.41) is 0. The molecule has 2 aliphatic rings. The molecule has 2 aromatic rings. The summed E-state index contributed by atoms with van der Waals surface area (Å²) in [7, 11) is 0. The van der Waals surface area contributed by atoms with Crippen molar-refractivity contribution in [2.45, 2.75) is 25.9 Å². The molecule has 2 saturated heterocycles. The summed E-state index contributed by atoms with van der Waals surface area (Å²) in [5.41, 5.74) is -0.121. The van der Waals surface area contributed by atoms with Crippen molar-refractivity contribution in [2.24, 2.45) is 5.92 Å². The highest BCUT2D eigenvalue weighted by Gasteiger charge is 2.38. The van der Waals surface area contributed by atoms with Crippen LogP contribution >= 0.6 is 0 Å². The summed E-state index contributed by atoms with van der Waals surface area (Å²) >= 11 is 0. The minimum Gasteiger partial charge on any atom is -0.492 e. The third-order valence-corrected chi connectivity index (χ3v) is 6.14. The molecule has 34 heavy (non-hydrogen) atoms. The van der Waals surface area contributed by atoms with E-state index in [0.717, 1.165) is 12.3 Å². The van der Waals surface area contributed by atoms with Gasteiger partial charge in [0.05, 0.1) is 23.8 Å². The number of anilines is 2. The van der Waals surface area contributed by atoms with Crippen LogP contribution in [0.1, 0.15) is 25.3 Å². The molecule has 0 aliphatic carbocycles. The van der Waals surface area contributed by atoms with E-state index in [-0.39, 0.29) is 18.2 Å². The zero-order valence-electron chi connectivity index (χ0n) is 18.9. The largest absolute Gasteiger partial charge is 0.492 e. The van der Waals surface area contributed by atoms with Gasteiger partial charge >= 0.3 is 6.18 Å². The average molecular weight is 476 g/mol. The van der Waals surface area contributed by atoms with Crippen molar-refractivity contribution < 1.29 is 27.5 Å². The molecule has 182 valence electrons. The maximum atomic E-state index is 13.2. The predicted molar refractivity (Wildman–Crippen MR) is 121 cm³/mol. The molecule has 1 atom stereocenters. The molecule has 2 aliphatic heterocycles. The lowest BCUT2D eigenvalue weighted by Gasteiger charge is -2.25. The first-order valence-corrected chi connectivity index (χ1v) is 11.4. The van der Waals surface area contributed by atoms with Crippen molar-refractivity contribution in [3.63, 3.8) is 0 Å². The second-order valence-corrected chi connectivity index (χ2v) is 8.37. The Morgan fingerprint density at radius 3 is 2.62 bits per heavy atom. The van der Waals surface area contributed by atoms with Crippen LogP contribution in [0, 0.1) is 5.92 Å². The van der Waals surface area contributed by atoms with Gasteiger partial charge < -0.3 is 19.4 Å². The number of nitrogens with zero attached hydrogens (tertiary/aromatic N) is 4. The Balaban J connectivity index is 1.39. The molecule has 0 unspecified atom stereocenters. The van der Waals surface area contributed by atoms with E-state index >= 15 is 0 Å². The van der Waals surface area contributed by atoms with Crippen molar-refractivity contribution in [3.8, 4) is 5.75 Å². The Morgan fingerprint density at radius 2 is 1.91 bits per heavy atom. The van der Waals surface area contributed by atoms with E-state index in [2.05, 4.69) is 4.98 Å². The molecular formula is C24H27F3N4O3. The predicted octanol–water partition coefficient (Wildman–Crippen LogP) is 3.59. The minimum absolute atomic E-state index is 0.0769. The first-order chi connectivity index (χ1) is 16.3. The quantitative estimate of drug-likeness (QED) is 0.660. The zero-order valence-corrected chi connectivity index (χ0v) is 18.9. The number of hydrogen-bond donors (Lipinski definition) is 0. The highest BCUT2D eigenvalue weighted by Crippen LogP contribution is 2.34. The van der Waals surface area contributed by atoms with Crippen molar-refractivity contribution in [1.82, 2.24) is 9.88 Å². The van der Waals surface area contributed by atoms with E-state index in [1.807, 2.05) is 30.0 Å². The number of ether oxygens (including phenoxy) is 1. The molecule has 0 spiro atoms. The lowest BCUT2D eigenvalue weighted by Crippen LogP contribution is -2.40. The van der Waals surface area contributed by atoms with E-state index in [1.54, 1.807) is 15.9 Å². The minimum atomic E-state index is -4.43. The van der Waals surface area contributed by atoms with Gasteiger partial charge in [-0.15, -0.1) is 0 Å². The second kappa shape index (κ2) is 9.90. The van der Waals surface area contributed by atoms with Gasteiger partial charge in [0, 0.05) is 45.3 Å². The number of hydrogen-bond acceptors (Lipinski definition) is 5. The van der Waals surface area contributed by atoms with Crippen molar-refractivity contribution in [1.29, 1.82) is 0 Å². The highest BCUT2D eigenvalue weighted by molar-refractivity contribution is 6.01. The number of amides is 2. The van der Waals surface area contributed by atoms with Gasteiger partial charge in [0.1, 0.15) is 11.6 Å². The molecule has 0 saturated carbocycles. The van der Waals surface area contributed by atoms with Crippen LogP contribution in [0.25, 0.3) is 0 Å². The Bertz CT molecular complexity index is 1030. The fourth-order valence-corrected chi connectivity index (χ4v) is 4.43. The first kappa shape index (κ1) is 23.8. The van der Waals surface area contributed by atoms with Gasteiger partial charge in [0.15, 0.2) is 0 Å². The second-order valence-electron chi connectivity index (χ2n) is 8.37. The van der Waals surface area contributed by atoms with E-state index in [9.17, 15) is 22.8 Å². The Kier molecular flexibility index (Phi) is 6.95. The number of para-hydroxylation sites is 2. The van der Waals surface area contributed by atoms with Crippen LogP contribution in [-0.2, 0) is 15.8 Å². The molecule has 3 heterocycles. The van der Waals surface area contributed by atoms with Crippen molar-refractivity contribution >= 4 is 23.3 Å². The van der Waals surface area contributed by atoms with Crippen molar-refractivity contribution in [3.05, 3.63) is 48.2 Å². The van der Waals surface area contributed by atoms with E-state index in [0.29, 0.717) is 63.0 Å². The normalized spacial score (nSPS) is 19.4. The van der Waals surface area contributed by atoms with Crippen LogP contribution in [0.2, 0.25) is 0 Å². The monoisotopic (exact) mass is 476 g/mol. The third kappa shape index (κ3) is 5.10. The van der Waals surface area contributed by atoms with Gasteiger partial charge in [0.2, 0.25) is 11.8 Å². The molecule has 0 radical (unpaired) electrons. The Labute approximate surface area is 196 Å². The number of rotatable bonds is 5. The zero-order chi connectivity index (χ0) is 24.3. The molecule has 2 amide bonds. The van der Waals surface area contributed by atoms with Gasteiger partial charge in [-0.05, 0) is 37.6 Å². The third-order valence-electron chi connectivity index (χ3n) is 6.14. The van der Waals surface area contributed by atoms with Crippen LogP contribution < -0.4 is 14.5 Å². The standard InChI is InChI=1S/C24H27F3N4O3/c1-2-34-20-7-4-3-6-19(20)31-16-17(14-22(31)32)23(33)30-11-5-10-29(12-13-30)21-9-8-18(15-28-21)24(25,26)27/h3-4,6-9,15,17H,2,5,10-14,16H2,1H3/t17-/m1/s1. The van der Waals surface area contributed by atoms with Gasteiger partial charge in [-0.3, -0.25) is 9.59 Å². The van der Waals surface area contributed by atoms with Gasteiger partial charge in [0.25, 0.3) is 0 Å². The summed E-state index contributed by atoms with van der Waals surface area (Å²) in [4.78, 5) is 35.2. The smallest absolute Gasteiger partial charge is 0.417 e. The molecule has 2 fully saturated rings. The summed E-state index contributed by atoms with van der Waals surface area (Å²) in [6, 6.07) is 9.68. The molecular weight excluding hydrogens is 449 g/mol. The van der Waals surface area contributed by atoms with Crippen molar-refractivity contribution in [2.75, 3.05) is 49.1 Å². The summed E-state index contributed by atoms with van der Waals surface area (Å²) < 4.78 is 44.1. The lowest BCUT2D eigenvalue weighted by molar-refractivity contribution is -0.138. The van der Waals surface area contributed by atoms with E-state index in [1.165, 1.54) is 6.07 Å². The number of carbonyl (C=O) groups is 2. The molecule has 0 N–H and O–H groups in total. The fourth-order valence-electron chi connectivity index (χ4n) is 4.43. The Morgan fingerprint density at radius 1 is 1.12 bits per heavy atom. The first-order valence-electron chi connectivity index (χ1n) is 11.4. The number of benzene rings is 1. The molecule has 1 aromatic carbocycles. The molecule has 7 nitrogen and oxygen atoms in total. The SMILES string of the molecule is CCOc1ccccc1N1C[C@H](C(=O)N2CCCN(c3ccc(C(F)(F)F)cn3)CC2)CC1=O. The molecule has 0 bridgehead atoms. The average Bonchev–Trinajstić information content (AvgIpc) is 3.03.